The zero-order chi connectivity index (χ0) is 17.4. The molecule has 0 aromatic heterocycles. The third-order valence-electron chi connectivity index (χ3n) is 5.87. The van der Waals surface area contributed by atoms with Gasteiger partial charge in [-0.3, -0.25) is 4.57 Å². The maximum atomic E-state index is 12.1. The molecule has 0 bridgehead atoms. The first kappa shape index (κ1) is 16.8. The average Bonchev–Trinajstić information content (AvgIpc) is 2.66. The van der Waals surface area contributed by atoms with Crippen LogP contribution in [0.2, 0.25) is 0 Å². The first-order valence-corrected chi connectivity index (χ1v) is 10.2. The predicted octanol–water partition coefficient (Wildman–Crippen LogP) is 5.35. The van der Waals surface area contributed by atoms with Gasteiger partial charge in [0, 0.05) is 11.1 Å². The fourth-order valence-corrected chi connectivity index (χ4v) is 5.23. The molecule has 0 saturated carbocycles. The maximum Gasteiger partial charge on any atom is 0.193 e. The van der Waals surface area contributed by atoms with Crippen molar-refractivity contribution in [1.29, 1.82) is 0 Å². The third kappa shape index (κ3) is 2.81. The van der Waals surface area contributed by atoms with Gasteiger partial charge in [-0.1, -0.05) is 12.1 Å². The Morgan fingerprint density at radius 2 is 1.52 bits per heavy atom. The molecular weight excluding hydrogens is 327 g/mol. The average molecular weight is 352 g/mol. The van der Waals surface area contributed by atoms with E-state index < -0.39 is 0 Å². The lowest BCUT2D eigenvalue weighted by atomic mass is 9.80. The molecule has 2 nitrogen and oxygen atoms in total. The van der Waals surface area contributed by atoms with E-state index in [-0.39, 0.29) is 8.46 Å². The molecule has 25 heavy (non-hydrogen) atoms. The van der Waals surface area contributed by atoms with Crippen molar-refractivity contribution in [3.05, 3.63) is 46.0 Å². The van der Waals surface area contributed by atoms with Gasteiger partial charge in [0.2, 0.25) is 0 Å². The summed E-state index contributed by atoms with van der Waals surface area (Å²) in [6, 6.07) is 6.61. The van der Waals surface area contributed by atoms with Crippen molar-refractivity contribution in [2.75, 3.05) is 7.11 Å². The minimum absolute atomic E-state index is 0.117. The molecule has 0 N–H and O–H groups in total. The number of hydrogen-bond donors (Lipinski definition) is 0. The molecule has 4 rings (SSSR count). The van der Waals surface area contributed by atoms with Crippen molar-refractivity contribution in [3.8, 4) is 16.9 Å². The summed E-state index contributed by atoms with van der Waals surface area (Å²) >= 11 is 0. The molecule has 0 fully saturated rings. The van der Waals surface area contributed by atoms with Crippen LogP contribution < -0.4 is 10.0 Å². The lowest BCUT2D eigenvalue weighted by molar-refractivity contribution is 0.415. The van der Waals surface area contributed by atoms with E-state index in [4.69, 9.17) is 4.74 Å². The van der Waals surface area contributed by atoms with Crippen LogP contribution in [0.5, 0.6) is 5.75 Å². The fraction of sp³-hybridized carbons (Fsp3) is 0.455. The van der Waals surface area contributed by atoms with Crippen molar-refractivity contribution in [2.45, 2.75) is 58.3 Å². The molecule has 0 unspecified atom stereocenters. The number of fused-ring (bicyclic) bond motifs is 2. The van der Waals surface area contributed by atoms with Crippen LogP contribution in [0.1, 0.15) is 53.5 Å². The molecule has 0 amide bonds. The summed E-state index contributed by atoms with van der Waals surface area (Å²) in [6.45, 7) is 2.10. The van der Waals surface area contributed by atoms with Gasteiger partial charge in [0.25, 0.3) is 0 Å². The predicted molar refractivity (Wildman–Crippen MR) is 104 cm³/mol. The number of aryl methyl sites for hydroxylation is 3. The highest BCUT2D eigenvalue weighted by molar-refractivity contribution is 7.34. The Kier molecular flexibility index (Phi) is 4.65. The second-order valence-electron chi connectivity index (χ2n) is 7.34. The SMILES string of the molecule is COc1ccc2c(c1-c1c3c(cc(C)c1P=O)CCCC3)CCCC2. The van der Waals surface area contributed by atoms with Gasteiger partial charge in [0.1, 0.15) is 5.75 Å². The second-order valence-corrected chi connectivity index (χ2v) is 7.97. The van der Waals surface area contributed by atoms with Gasteiger partial charge in [-0.25, -0.2) is 0 Å². The molecule has 0 radical (unpaired) electrons. The van der Waals surface area contributed by atoms with Crippen LogP contribution in [0.3, 0.4) is 0 Å². The summed E-state index contributed by atoms with van der Waals surface area (Å²) < 4.78 is 17.9. The normalized spacial score (nSPS) is 16.4. The Balaban J connectivity index is 2.08. The van der Waals surface area contributed by atoms with Crippen LogP contribution in [-0.4, -0.2) is 7.11 Å². The van der Waals surface area contributed by atoms with E-state index in [0.717, 1.165) is 42.3 Å². The maximum absolute atomic E-state index is 12.1. The van der Waals surface area contributed by atoms with E-state index in [1.54, 1.807) is 7.11 Å². The minimum atomic E-state index is 0.117. The first-order valence-electron chi connectivity index (χ1n) is 9.42. The van der Waals surface area contributed by atoms with Gasteiger partial charge in [-0.15, -0.1) is 0 Å². The highest BCUT2D eigenvalue weighted by Crippen LogP contribution is 2.43. The van der Waals surface area contributed by atoms with Gasteiger partial charge in [0.05, 0.1) is 12.4 Å². The molecule has 2 aromatic rings. The number of hydrogen-bond acceptors (Lipinski definition) is 2. The smallest absolute Gasteiger partial charge is 0.193 e. The zero-order valence-electron chi connectivity index (χ0n) is 15.2. The summed E-state index contributed by atoms with van der Waals surface area (Å²) in [5.41, 5.74) is 9.30. The molecule has 0 spiro atoms. The molecule has 0 aliphatic heterocycles. The van der Waals surface area contributed by atoms with E-state index in [1.807, 2.05) is 0 Å². The van der Waals surface area contributed by atoms with E-state index in [2.05, 4.69) is 25.1 Å². The van der Waals surface area contributed by atoms with Crippen LogP contribution in [0.25, 0.3) is 11.1 Å². The monoisotopic (exact) mass is 352 g/mol. The van der Waals surface area contributed by atoms with Crippen LogP contribution >= 0.6 is 8.46 Å². The Labute approximate surface area is 151 Å². The van der Waals surface area contributed by atoms with Crippen molar-refractivity contribution < 1.29 is 9.30 Å². The zero-order valence-corrected chi connectivity index (χ0v) is 16.0. The fourth-order valence-electron chi connectivity index (χ4n) is 4.68. The van der Waals surface area contributed by atoms with E-state index in [0.29, 0.717) is 0 Å². The summed E-state index contributed by atoms with van der Waals surface area (Å²) in [5.74, 6) is 0.934. The molecule has 3 heteroatoms. The highest BCUT2D eigenvalue weighted by atomic mass is 31.1. The largest absolute Gasteiger partial charge is 0.496 e. The third-order valence-corrected chi connectivity index (χ3v) is 6.63. The van der Waals surface area contributed by atoms with Gasteiger partial charge in [0.15, 0.2) is 8.46 Å². The molecular formula is C22H25O2P. The number of rotatable bonds is 3. The Morgan fingerprint density at radius 3 is 2.20 bits per heavy atom. The summed E-state index contributed by atoms with van der Waals surface area (Å²) in [5, 5.41) is 0.956. The van der Waals surface area contributed by atoms with E-state index in [1.165, 1.54) is 59.1 Å². The van der Waals surface area contributed by atoms with Crippen molar-refractivity contribution in [3.63, 3.8) is 0 Å². The molecule has 0 atom stereocenters. The second kappa shape index (κ2) is 6.92. The molecule has 2 aliphatic carbocycles. The van der Waals surface area contributed by atoms with E-state index in [9.17, 15) is 4.57 Å². The number of ether oxygens (including phenoxy) is 1. The molecule has 0 saturated heterocycles. The van der Waals surface area contributed by atoms with Gasteiger partial charge in [-0.05, 0) is 92.2 Å². The summed E-state index contributed by atoms with van der Waals surface area (Å²) in [7, 11) is 1.87. The quantitative estimate of drug-likeness (QED) is 0.697. The highest BCUT2D eigenvalue weighted by Gasteiger charge is 2.26. The molecule has 2 aromatic carbocycles. The standard InChI is InChI=1S/C22H25O2P/c1-14-13-16-8-4-6-10-18(16)21(22(14)25-23)20-17-9-5-3-7-15(17)11-12-19(20)24-2/h11-13H,3-10H2,1-2H3. The van der Waals surface area contributed by atoms with Crippen LogP contribution in [0, 0.1) is 6.92 Å². The van der Waals surface area contributed by atoms with Gasteiger partial charge in [-0.2, -0.15) is 0 Å². The van der Waals surface area contributed by atoms with Crippen molar-refractivity contribution in [2.24, 2.45) is 0 Å². The molecule has 2 aliphatic rings. The first-order chi connectivity index (χ1) is 12.2. The minimum Gasteiger partial charge on any atom is -0.496 e. The van der Waals surface area contributed by atoms with E-state index >= 15 is 0 Å². The van der Waals surface area contributed by atoms with Gasteiger partial charge >= 0.3 is 0 Å². The Hall–Kier alpha value is -1.66. The molecule has 0 heterocycles. The number of methoxy groups -OCH3 is 1. The lowest BCUT2D eigenvalue weighted by Gasteiger charge is -2.27. The molecule has 130 valence electrons. The van der Waals surface area contributed by atoms with Gasteiger partial charge < -0.3 is 4.74 Å². The topological polar surface area (TPSA) is 26.3 Å². The Morgan fingerprint density at radius 1 is 0.880 bits per heavy atom. The van der Waals surface area contributed by atoms with Crippen molar-refractivity contribution >= 4 is 13.8 Å². The van der Waals surface area contributed by atoms with Crippen LogP contribution in [-0.2, 0) is 30.2 Å². The van der Waals surface area contributed by atoms with Crippen LogP contribution in [0.4, 0.5) is 0 Å². The summed E-state index contributed by atoms with van der Waals surface area (Å²) in [4.78, 5) is 0. The van der Waals surface area contributed by atoms with Crippen molar-refractivity contribution in [1.82, 2.24) is 0 Å². The number of benzene rings is 2. The lowest BCUT2D eigenvalue weighted by Crippen LogP contribution is -2.16. The Bertz CT molecular complexity index is 839. The summed E-state index contributed by atoms with van der Waals surface area (Å²) in [6.07, 6.45) is 9.42. The van der Waals surface area contributed by atoms with Crippen LogP contribution in [0.15, 0.2) is 18.2 Å².